The summed E-state index contributed by atoms with van der Waals surface area (Å²) in [5, 5.41) is 9.35. The first kappa shape index (κ1) is 14.0. The lowest BCUT2D eigenvalue weighted by molar-refractivity contribution is 0.921. The first-order valence-corrected chi connectivity index (χ1v) is 8.46. The van der Waals surface area contributed by atoms with Crippen LogP contribution in [0.2, 0.25) is 0 Å². The van der Waals surface area contributed by atoms with E-state index in [1.165, 1.54) is 16.7 Å². The molecular formula is C19H15N3S. The van der Waals surface area contributed by atoms with Gasteiger partial charge in [-0.15, -0.1) is 10.2 Å². The molecule has 4 rings (SSSR count). The topological polar surface area (TPSA) is 30.2 Å². The predicted octanol–water partition coefficient (Wildman–Crippen LogP) is 4.69. The Balaban J connectivity index is 1.49. The van der Waals surface area contributed by atoms with Crippen LogP contribution in [-0.4, -0.2) is 14.6 Å². The van der Waals surface area contributed by atoms with E-state index in [0.717, 1.165) is 16.6 Å². The van der Waals surface area contributed by atoms with Crippen LogP contribution in [0, 0.1) is 0 Å². The van der Waals surface area contributed by atoms with Crippen molar-refractivity contribution in [3.8, 4) is 11.1 Å². The smallest absolute Gasteiger partial charge is 0.195 e. The van der Waals surface area contributed by atoms with Gasteiger partial charge in [0.15, 0.2) is 10.8 Å². The highest BCUT2D eigenvalue weighted by atomic mass is 32.2. The lowest BCUT2D eigenvalue weighted by Gasteiger charge is -2.04. The number of rotatable bonds is 4. The summed E-state index contributed by atoms with van der Waals surface area (Å²) in [6, 6.07) is 25.1. The second-order valence-corrected chi connectivity index (χ2v) is 6.21. The minimum absolute atomic E-state index is 0.880. The number of aromatic nitrogens is 3. The van der Waals surface area contributed by atoms with Crippen LogP contribution < -0.4 is 0 Å². The van der Waals surface area contributed by atoms with Crippen LogP contribution in [0.5, 0.6) is 0 Å². The van der Waals surface area contributed by atoms with E-state index < -0.39 is 0 Å². The monoisotopic (exact) mass is 317 g/mol. The Labute approximate surface area is 139 Å². The normalized spacial score (nSPS) is 11.0. The fourth-order valence-corrected chi connectivity index (χ4v) is 3.37. The number of fused-ring (bicyclic) bond motifs is 1. The van der Waals surface area contributed by atoms with Gasteiger partial charge in [-0.05, 0) is 28.8 Å². The van der Waals surface area contributed by atoms with Gasteiger partial charge in [-0.1, -0.05) is 72.4 Å². The third-order valence-electron chi connectivity index (χ3n) is 3.71. The van der Waals surface area contributed by atoms with Gasteiger partial charge < -0.3 is 0 Å². The molecule has 0 unspecified atom stereocenters. The van der Waals surface area contributed by atoms with Gasteiger partial charge in [0.25, 0.3) is 0 Å². The summed E-state index contributed by atoms with van der Waals surface area (Å²) in [5.41, 5.74) is 4.65. The molecule has 0 atom stereocenters. The van der Waals surface area contributed by atoms with Crippen molar-refractivity contribution in [3.05, 3.63) is 84.6 Å². The van der Waals surface area contributed by atoms with E-state index in [1.54, 1.807) is 11.8 Å². The highest BCUT2D eigenvalue weighted by Gasteiger charge is 2.05. The summed E-state index contributed by atoms with van der Waals surface area (Å²) in [6.07, 6.45) is 2.00. The summed E-state index contributed by atoms with van der Waals surface area (Å²) in [5.74, 6) is 0.880. The van der Waals surface area contributed by atoms with E-state index in [-0.39, 0.29) is 0 Å². The van der Waals surface area contributed by atoms with E-state index in [0.29, 0.717) is 0 Å². The highest BCUT2D eigenvalue weighted by Crippen LogP contribution is 2.24. The Bertz CT molecular complexity index is 914. The van der Waals surface area contributed by atoms with Crippen molar-refractivity contribution in [2.45, 2.75) is 10.9 Å². The predicted molar refractivity (Wildman–Crippen MR) is 94.4 cm³/mol. The van der Waals surface area contributed by atoms with Gasteiger partial charge in [0.2, 0.25) is 0 Å². The van der Waals surface area contributed by atoms with Crippen molar-refractivity contribution < 1.29 is 0 Å². The number of benzene rings is 2. The summed E-state index contributed by atoms with van der Waals surface area (Å²) in [6.45, 7) is 0. The fraction of sp³-hybridized carbons (Fsp3) is 0.0526. The van der Waals surface area contributed by atoms with Gasteiger partial charge in [0.05, 0.1) is 0 Å². The van der Waals surface area contributed by atoms with Gasteiger partial charge in [-0.2, -0.15) is 0 Å². The third kappa shape index (κ3) is 2.98. The van der Waals surface area contributed by atoms with Crippen LogP contribution in [0.3, 0.4) is 0 Å². The minimum atomic E-state index is 0.880. The van der Waals surface area contributed by atoms with Crippen LogP contribution in [0.4, 0.5) is 0 Å². The largest absolute Gasteiger partial charge is 0.277 e. The van der Waals surface area contributed by atoms with Gasteiger partial charge in [0.1, 0.15) is 0 Å². The second kappa shape index (κ2) is 6.26. The molecule has 4 heteroatoms. The maximum Gasteiger partial charge on any atom is 0.195 e. The van der Waals surface area contributed by atoms with E-state index >= 15 is 0 Å². The number of thioether (sulfide) groups is 1. The van der Waals surface area contributed by atoms with Crippen LogP contribution in [0.25, 0.3) is 16.8 Å². The Morgan fingerprint density at radius 3 is 2.30 bits per heavy atom. The van der Waals surface area contributed by atoms with Crippen LogP contribution in [0.1, 0.15) is 5.56 Å². The summed E-state index contributed by atoms with van der Waals surface area (Å²) < 4.78 is 2.02. The molecule has 112 valence electrons. The number of hydrogen-bond acceptors (Lipinski definition) is 3. The molecule has 4 aromatic rings. The molecule has 0 N–H and O–H groups in total. The molecular weight excluding hydrogens is 302 g/mol. The molecule has 2 heterocycles. The lowest BCUT2D eigenvalue weighted by atomic mass is 10.0. The standard InChI is InChI=1S/C19H15N3S/c1-2-6-16(7-3-1)17-11-9-15(10-12-17)14-23-19-21-20-18-8-4-5-13-22(18)19/h1-13H,14H2. The van der Waals surface area contributed by atoms with E-state index in [1.807, 2.05) is 34.9 Å². The molecule has 0 amide bonds. The van der Waals surface area contributed by atoms with Crippen molar-refractivity contribution >= 4 is 17.4 Å². The Morgan fingerprint density at radius 1 is 0.739 bits per heavy atom. The van der Waals surface area contributed by atoms with Crippen LogP contribution >= 0.6 is 11.8 Å². The number of pyridine rings is 1. The zero-order valence-electron chi connectivity index (χ0n) is 12.5. The number of hydrogen-bond donors (Lipinski definition) is 0. The summed E-state index contributed by atoms with van der Waals surface area (Å²) >= 11 is 1.70. The SMILES string of the molecule is c1ccc(-c2ccc(CSc3nnc4ccccn34)cc2)cc1. The molecule has 0 aliphatic carbocycles. The van der Waals surface area contributed by atoms with E-state index in [4.69, 9.17) is 0 Å². The van der Waals surface area contributed by atoms with Crippen molar-refractivity contribution in [3.63, 3.8) is 0 Å². The van der Waals surface area contributed by atoms with Gasteiger partial charge in [-0.25, -0.2) is 0 Å². The average Bonchev–Trinajstić information content (AvgIpc) is 3.04. The average molecular weight is 317 g/mol. The zero-order valence-corrected chi connectivity index (χ0v) is 13.3. The first-order valence-electron chi connectivity index (χ1n) is 7.47. The van der Waals surface area contributed by atoms with E-state index in [9.17, 15) is 0 Å². The maximum absolute atomic E-state index is 4.25. The molecule has 3 nitrogen and oxygen atoms in total. The molecule has 2 aromatic carbocycles. The zero-order chi connectivity index (χ0) is 15.5. The molecule has 0 saturated heterocycles. The lowest BCUT2D eigenvalue weighted by Crippen LogP contribution is -1.87. The van der Waals surface area contributed by atoms with Crippen molar-refractivity contribution in [1.29, 1.82) is 0 Å². The molecule has 2 aromatic heterocycles. The Kier molecular flexibility index (Phi) is 3.82. The molecule has 0 bridgehead atoms. The van der Waals surface area contributed by atoms with Gasteiger partial charge >= 0.3 is 0 Å². The first-order chi connectivity index (χ1) is 11.4. The Morgan fingerprint density at radius 2 is 1.48 bits per heavy atom. The molecule has 0 radical (unpaired) electrons. The molecule has 0 spiro atoms. The van der Waals surface area contributed by atoms with Crippen LogP contribution in [-0.2, 0) is 5.75 Å². The van der Waals surface area contributed by atoms with Crippen LogP contribution in [0.15, 0.2) is 84.1 Å². The third-order valence-corrected chi connectivity index (χ3v) is 4.73. The second-order valence-electron chi connectivity index (χ2n) is 5.26. The van der Waals surface area contributed by atoms with Gasteiger partial charge in [0, 0.05) is 11.9 Å². The molecule has 0 aliphatic heterocycles. The van der Waals surface area contributed by atoms with Gasteiger partial charge in [-0.3, -0.25) is 4.40 Å². The molecule has 0 aliphatic rings. The number of nitrogens with zero attached hydrogens (tertiary/aromatic N) is 3. The highest BCUT2D eigenvalue weighted by molar-refractivity contribution is 7.98. The summed E-state index contributed by atoms with van der Waals surface area (Å²) in [7, 11) is 0. The quantitative estimate of drug-likeness (QED) is 0.512. The van der Waals surface area contributed by atoms with Crippen molar-refractivity contribution in [2.75, 3.05) is 0 Å². The van der Waals surface area contributed by atoms with Crippen molar-refractivity contribution in [1.82, 2.24) is 14.6 Å². The van der Waals surface area contributed by atoms with Crippen molar-refractivity contribution in [2.24, 2.45) is 0 Å². The summed E-state index contributed by atoms with van der Waals surface area (Å²) in [4.78, 5) is 0. The molecule has 0 saturated carbocycles. The molecule has 23 heavy (non-hydrogen) atoms. The fourth-order valence-electron chi connectivity index (χ4n) is 2.49. The maximum atomic E-state index is 4.25. The molecule has 0 fully saturated rings. The Hall–Kier alpha value is -2.59. The van der Waals surface area contributed by atoms with E-state index in [2.05, 4.69) is 58.7 Å². The minimum Gasteiger partial charge on any atom is -0.277 e.